The minimum Gasteiger partial charge on any atom is -0.368 e. The number of aliphatic hydroxyl groups is 2. The van der Waals surface area contributed by atoms with Crippen molar-refractivity contribution in [2.45, 2.75) is 55.4 Å². The molecule has 2 saturated carbocycles. The van der Waals surface area contributed by atoms with Crippen LogP contribution in [0.1, 0.15) is 32.1 Å². The van der Waals surface area contributed by atoms with Gasteiger partial charge in [0.05, 0.1) is 4.90 Å². The Bertz CT molecular complexity index is 890. The van der Waals surface area contributed by atoms with Crippen LogP contribution in [0.5, 0.6) is 0 Å². The molecule has 1 saturated heterocycles. The molecule has 1 aromatic rings. The van der Waals surface area contributed by atoms with Crippen LogP contribution < -0.4 is 5.32 Å². The first-order valence-corrected chi connectivity index (χ1v) is 12.0. The normalized spacial score (nSPS) is 32.2. The largest absolute Gasteiger partial charge is 0.368 e. The number of amides is 1. The molecule has 2 aliphatic carbocycles. The Morgan fingerprint density at radius 1 is 1.10 bits per heavy atom. The molecule has 1 aromatic carbocycles. The molecule has 160 valence electrons. The molecule has 3 fully saturated rings. The number of hydrogen-bond acceptors (Lipinski definition) is 5. The molecule has 1 amide bonds. The van der Waals surface area contributed by atoms with E-state index >= 15 is 0 Å². The van der Waals surface area contributed by atoms with Crippen LogP contribution in [0.25, 0.3) is 0 Å². The van der Waals surface area contributed by atoms with Gasteiger partial charge in [-0.1, -0.05) is 23.2 Å². The van der Waals surface area contributed by atoms with Crippen LogP contribution in [0.15, 0.2) is 23.1 Å². The fourth-order valence-electron chi connectivity index (χ4n) is 5.34. The van der Waals surface area contributed by atoms with E-state index in [-0.39, 0.29) is 45.3 Å². The zero-order valence-electron chi connectivity index (χ0n) is 15.7. The number of rotatable bonds is 5. The van der Waals surface area contributed by atoms with Crippen LogP contribution in [-0.4, -0.2) is 53.8 Å². The molecule has 0 spiro atoms. The van der Waals surface area contributed by atoms with Crippen molar-refractivity contribution in [3.8, 4) is 0 Å². The smallest absolute Gasteiger partial charge is 0.243 e. The SMILES string of the molecule is O=C(NC1C2CCC(C2)C1C(O)O)[C@@H]1CCCN1S(=O)(=O)c1cc(Cl)cc(Cl)c1. The first-order chi connectivity index (χ1) is 13.7. The van der Waals surface area contributed by atoms with E-state index < -0.39 is 28.3 Å². The highest BCUT2D eigenvalue weighted by molar-refractivity contribution is 7.89. The Labute approximate surface area is 180 Å². The predicted molar refractivity (Wildman–Crippen MR) is 108 cm³/mol. The molecule has 1 aliphatic heterocycles. The highest BCUT2D eigenvalue weighted by Crippen LogP contribution is 2.49. The first-order valence-electron chi connectivity index (χ1n) is 9.83. The molecule has 3 N–H and O–H groups in total. The minimum atomic E-state index is -3.95. The molecule has 3 aliphatic rings. The molecule has 0 radical (unpaired) electrons. The second kappa shape index (κ2) is 7.98. The zero-order valence-corrected chi connectivity index (χ0v) is 18.0. The maximum atomic E-state index is 13.1. The van der Waals surface area contributed by atoms with Gasteiger partial charge >= 0.3 is 0 Å². The molecule has 4 rings (SSSR count). The molecule has 2 bridgehead atoms. The maximum Gasteiger partial charge on any atom is 0.243 e. The van der Waals surface area contributed by atoms with Crippen molar-refractivity contribution in [2.75, 3.05) is 6.54 Å². The van der Waals surface area contributed by atoms with Crippen LogP contribution in [0.3, 0.4) is 0 Å². The molecular weight excluding hydrogens is 439 g/mol. The van der Waals surface area contributed by atoms with E-state index in [1.54, 1.807) is 0 Å². The zero-order chi connectivity index (χ0) is 20.9. The fourth-order valence-corrected chi connectivity index (χ4v) is 7.73. The Balaban J connectivity index is 1.54. The van der Waals surface area contributed by atoms with Gasteiger partial charge in [0.25, 0.3) is 0 Å². The molecule has 0 aromatic heterocycles. The van der Waals surface area contributed by atoms with Gasteiger partial charge in [-0.25, -0.2) is 8.42 Å². The number of sulfonamides is 1. The summed E-state index contributed by atoms with van der Waals surface area (Å²) in [5, 5.41) is 22.9. The van der Waals surface area contributed by atoms with E-state index in [2.05, 4.69) is 5.32 Å². The summed E-state index contributed by atoms with van der Waals surface area (Å²) in [6.07, 6.45) is 2.21. The Morgan fingerprint density at radius 3 is 2.41 bits per heavy atom. The predicted octanol–water partition coefficient (Wildman–Crippen LogP) is 1.99. The molecule has 29 heavy (non-hydrogen) atoms. The lowest BCUT2D eigenvalue weighted by Gasteiger charge is -2.34. The molecule has 5 atom stereocenters. The highest BCUT2D eigenvalue weighted by atomic mass is 35.5. The Morgan fingerprint density at radius 2 is 1.76 bits per heavy atom. The summed E-state index contributed by atoms with van der Waals surface area (Å²) in [4.78, 5) is 13.0. The van der Waals surface area contributed by atoms with Gasteiger partial charge < -0.3 is 15.5 Å². The summed E-state index contributed by atoms with van der Waals surface area (Å²) in [5.74, 6) is -0.408. The third-order valence-electron chi connectivity index (χ3n) is 6.58. The van der Waals surface area contributed by atoms with Crippen molar-refractivity contribution in [1.29, 1.82) is 0 Å². The highest BCUT2D eigenvalue weighted by Gasteiger charge is 2.51. The monoisotopic (exact) mass is 462 g/mol. The standard InChI is InChI=1S/C19H24Cl2N2O5S/c20-12-7-13(21)9-14(8-12)29(27,28)23-5-1-2-15(23)18(24)22-17-11-4-3-10(6-11)16(17)19(25)26/h7-11,15-17,19,25-26H,1-6H2,(H,22,24)/t10?,11?,15-,16?,17?/m0/s1. The van der Waals surface area contributed by atoms with Crippen LogP contribution >= 0.6 is 23.2 Å². The molecular formula is C19H24Cl2N2O5S. The third kappa shape index (κ3) is 3.91. The van der Waals surface area contributed by atoms with Gasteiger partial charge in [-0.15, -0.1) is 0 Å². The van der Waals surface area contributed by atoms with E-state index in [0.29, 0.717) is 12.8 Å². The van der Waals surface area contributed by atoms with Gasteiger partial charge in [0.1, 0.15) is 6.04 Å². The van der Waals surface area contributed by atoms with Crippen molar-refractivity contribution in [3.05, 3.63) is 28.2 Å². The van der Waals surface area contributed by atoms with Crippen molar-refractivity contribution < 1.29 is 23.4 Å². The van der Waals surface area contributed by atoms with Gasteiger partial charge in [0.15, 0.2) is 6.29 Å². The van der Waals surface area contributed by atoms with Crippen molar-refractivity contribution in [1.82, 2.24) is 9.62 Å². The number of nitrogens with zero attached hydrogens (tertiary/aromatic N) is 1. The van der Waals surface area contributed by atoms with Crippen molar-refractivity contribution in [2.24, 2.45) is 17.8 Å². The molecule has 4 unspecified atom stereocenters. The van der Waals surface area contributed by atoms with Gasteiger partial charge in [-0.3, -0.25) is 4.79 Å². The van der Waals surface area contributed by atoms with Gasteiger partial charge in [-0.2, -0.15) is 4.31 Å². The topological polar surface area (TPSA) is 107 Å². The fraction of sp³-hybridized carbons (Fsp3) is 0.632. The number of aliphatic hydroxyl groups excluding tert-OH is 1. The summed E-state index contributed by atoms with van der Waals surface area (Å²) in [6, 6.07) is 2.92. The van der Waals surface area contributed by atoms with E-state index in [1.165, 1.54) is 22.5 Å². The quantitative estimate of drug-likeness (QED) is 0.579. The number of carbonyl (C=O) groups is 1. The second-order valence-corrected chi connectivity index (χ2v) is 11.0. The van der Waals surface area contributed by atoms with Gasteiger partial charge in [0, 0.05) is 28.5 Å². The van der Waals surface area contributed by atoms with E-state index in [1.807, 2.05) is 0 Å². The molecule has 10 heteroatoms. The van der Waals surface area contributed by atoms with E-state index in [0.717, 1.165) is 19.3 Å². The minimum absolute atomic E-state index is 0.0433. The van der Waals surface area contributed by atoms with E-state index in [9.17, 15) is 23.4 Å². The number of hydrogen-bond donors (Lipinski definition) is 3. The Hall–Kier alpha value is -0.900. The van der Waals surface area contributed by atoms with Gasteiger partial charge in [0.2, 0.25) is 15.9 Å². The lowest BCUT2D eigenvalue weighted by atomic mass is 9.83. The summed E-state index contributed by atoms with van der Waals surface area (Å²) < 4.78 is 27.5. The van der Waals surface area contributed by atoms with Crippen LogP contribution in [0, 0.1) is 17.8 Å². The number of fused-ring (bicyclic) bond motifs is 2. The maximum absolute atomic E-state index is 13.1. The Kier molecular flexibility index (Phi) is 5.87. The van der Waals surface area contributed by atoms with Crippen molar-refractivity contribution >= 4 is 39.1 Å². The summed E-state index contributed by atoms with van der Waals surface area (Å²) >= 11 is 11.9. The molecule has 7 nitrogen and oxygen atoms in total. The first kappa shape index (κ1) is 21.3. The van der Waals surface area contributed by atoms with Crippen LogP contribution in [0.2, 0.25) is 10.0 Å². The lowest BCUT2D eigenvalue weighted by molar-refractivity contribution is -0.130. The summed E-state index contributed by atoms with van der Waals surface area (Å²) in [6.45, 7) is 0.229. The lowest BCUT2D eigenvalue weighted by Crippen LogP contribution is -2.53. The molecule has 1 heterocycles. The summed E-state index contributed by atoms with van der Waals surface area (Å²) in [5.41, 5.74) is 0. The number of benzene rings is 1. The number of nitrogens with one attached hydrogen (secondary N) is 1. The van der Waals surface area contributed by atoms with Crippen LogP contribution in [-0.2, 0) is 14.8 Å². The average Bonchev–Trinajstić information content (AvgIpc) is 3.36. The van der Waals surface area contributed by atoms with Gasteiger partial charge in [-0.05, 0) is 62.1 Å². The van der Waals surface area contributed by atoms with Crippen LogP contribution in [0.4, 0.5) is 0 Å². The number of carbonyl (C=O) groups excluding carboxylic acids is 1. The third-order valence-corrected chi connectivity index (χ3v) is 8.91. The summed E-state index contributed by atoms with van der Waals surface area (Å²) in [7, 11) is -3.95. The van der Waals surface area contributed by atoms with E-state index in [4.69, 9.17) is 23.2 Å². The second-order valence-electron chi connectivity index (χ2n) is 8.24. The average molecular weight is 463 g/mol. The number of halogens is 2. The van der Waals surface area contributed by atoms with Crippen molar-refractivity contribution in [3.63, 3.8) is 0 Å².